The molecular weight excluding hydrogens is 428 g/mol. The maximum atomic E-state index is 12.8. The molecule has 1 amide bonds. The van der Waals surface area contributed by atoms with E-state index in [0.29, 0.717) is 23.7 Å². The Morgan fingerprint density at radius 3 is 2.96 bits per heavy atom. The Hall–Kier alpha value is -2.32. The van der Waals surface area contributed by atoms with Gasteiger partial charge in [-0.1, -0.05) is 0 Å². The average molecular weight is 445 g/mol. The molecule has 1 atom stereocenters. The fourth-order valence-electron chi connectivity index (χ4n) is 3.31. The van der Waals surface area contributed by atoms with Crippen LogP contribution in [0.3, 0.4) is 0 Å². The van der Waals surface area contributed by atoms with E-state index in [-0.39, 0.29) is 17.5 Å². The number of nitrogens with zero attached hydrogens (tertiary/aromatic N) is 4. The smallest absolute Gasteiger partial charge is 0.266 e. The van der Waals surface area contributed by atoms with E-state index in [4.69, 9.17) is 0 Å². The molecule has 4 rings (SSSR count). The molecule has 4 heterocycles. The maximum absolute atomic E-state index is 12.8. The minimum atomic E-state index is -0.166. The Balaban J connectivity index is 1.58. The Morgan fingerprint density at radius 2 is 2.22 bits per heavy atom. The average Bonchev–Trinajstić information content (AvgIpc) is 3.33. The van der Waals surface area contributed by atoms with E-state index < -0.39 is 0 Å². The molecule has 1 aliphatic rings. The molecule has 1 unspecified atom stereocenters. The lowest BCUT2D eigenvalue weighted by atomic mass is 10.2. The number of hydrogen-bond acceptors (Lipinski definition) is 5. The summed E-state index contributed by atoms with van der Waals surface area (Å²) in [6.07, 6.45) is 5.21. The number of hydrogen-bond donors (Lipinski definition) is 0. The van der Waals surface area contributed by atoms with Gasteiger partial charge in [-0.25, -0.2) is 4.68 Å². The minimum Gasteiger partial charge on any atom is -0.333 e. The summed E-state index contributed by atoms with van der Waals surface area (Å²) in [6, 6.07) is 8.78. The minimum absolute atomic E-state index is 0.0182. The molecule has 6 nitrogen and oxygen atoms in total. The molecule has 0 saturated carbocycles. The summed E-state index contributed by atoms with van der Waals surface area (Å²) in [5.41, 5.74) is 1.38. The van der Waals surface area contributed by atoms with E-state index in [9.17, 15) is 9.59 Å². The first-order chi connectivity index (χ1) is 13.1. The SMILES string of the molecule is O=C(c1cc(Br)cs1)N1CCCC1Cn1nc(-c2cccnc2)ccc1=O. The normalized spacial score (nSPS) is 16.6. The quantitative estimate of drug-likeness (QED) is 0.617. The van der Waals surface area contributed by atoms with Crippen molar-refractivity contribution in [2.45, 2.75) is 25.4 Å². The molecule has 0 aromatic carbocycles. The topological polar surface area (TPSA) is 68.1 Å². The summed E-state index contributed by atoms with van der Waals surface area (Å²) >= 11 is 4.82. The molecule has 0 N–H and O–H groups in total. The Kier molecular flexibility index (Phi) is 5.18. The first-order valence-electron chi connectivity index (χ1n) is 8.65. The summed E-state index contributed by atoms with van der Waals surface area (Å²) in [7, 11) is 0. The van der Waals surface area contributed by atoms with Crippen LogP contribution < -0.4 is 5.56 Å². The zero-order chi connectivity index (χ0) is 18.8. The second kappa shape index (κ2) is 7.74. The Morgan fingerprint density at radius 1 is 1.33 bits per heavy atom. The monoisotopic (exact) mass is 444 g/mol. The van der Waals surface area contributed by atoms with Crippen LogP contribution in [0.1, 0.15) is 22.5 Å². The van der Waals surface area contributed by atoms with E-state index >= 15 is 0 Å². The molecule has 3 aromatic heterocycles. The molecule has 0 radical (unpaired) electrons. The fraction of sp³-hybridized carbons (Fsp3) is 0.263. The predicted octanol–water partition coefficient (Wildman–Crippen LogP) is 3.43. The molecule has 8 heteroatoms. The van der Waals surface area contributed by atoms with E-state index in [0.717, 1.165) is 22.9 Å². The van der Waals surface area contributed by atoms with Gasteiger partial charge < -0.3 is 4.90 Å². The molecule has 1 saturated heterocycles. The number of thiophene rings is 1. The van der Waals surface area contributed by atoms with Crippen molar-refractivity contribution in [2.24, 2.45) is 0 Å². The van der Waals surface area contributed by atoms with Crippen LogP contribution in [0.2, 0.25) is 0 Å². The maximum Gasteiger partial charge on any atom is 0.266 e. The van der Waals surface area contributed by atoms with Gasteiger partial charge in [-0.2, -0.15) is 5.10 Å². The second-order valence-corrected chi connectivity index (χ2v) is 8.23. The Labute approximate surface area is 168 Å². The molecule has 0 aliphatic carbocycles. The van der Waals surface area contributed by atoms with E-state index in [1.165, 1.54) is 22.1 Å². The molecular formula is C19H17BrN4O2S. The van der Waals surface area contributed by atoms with Crippen molar-refractivity contribution in [3.8, 4) is 11.3 Å². The molecule has 0 spiro atoms. The van der Waals surface area contributed by atoms with Gasteiger partial charge in [0.05, 0.1) is 23.2 Å². The van der Waals surface area contributed by atoms with Crippen molar-refractivity contribution >= 4 is 33.2 Å². The van der Waals surface area contributed by atoms with E-state index in [2.05, 4.69) is 26.0 Å². The number of halogens is 1. The third kappa shape index (κ3) is 3.86. The van der Waals surface area contributed by atoms with Crippen LogP contribution in [0.5, 0.6) is 0 Å². The predicted molar refractivity (Wildman–Crippen MR) is 108 cm³/mol. The zero-order valence-corrected chi connectivity index (χ0v) is 16.8. The highest BCUT2D eigenvalue weighted by atomic mass is 79.9. The van der Waals surface area contributed by atoms with Gasteiger partial charge in [0.15, 0.2) is 0 Å². The summed E-state index contributed by atoms with van der Waals surface area (Å²) in [6.45, 7) is 1.10. The van der Waals surface area contributed by atoms with Gasteiger partial charge >= 0.3 is 0 Å². The first kappa shape index (κ1) is 18.1. The van der Waals surface area contributed by atoms with E-state index in [1.807, 2.05) is 28.5 Å². The summed E-state index contributed by atoms with van der Waals surface area (Å²) in [5, 5.41) is 6.40. The molecule has 1 aliphatic heterocycles. The van der Waals surface area contributed by atoms with Crippen molar-refractivity contribution in [3.63, 3.8) is 0 Å². The lowest BCUT2D eigenvalue weighted by molar-refractivity contribution is 0.0725. The van der Waals surface area contributed by atoms with Crippen molar-refractivity contribution in [2.75, 3.05) is 6.54 Å². The molecule has 138 valence electrons. The van der Waals surface area contributed by atoms with Crippen molar-refractivity contribution in [1.29, 1.82) is 0 Å². The highest BCUT2D eigenvalue weighted by molar-refractivity contribution is 9.10. The fourth-order valence-corrected chi connectivity index (χ4v) is 4.69. The van der Waals surface area contributed by atoms with Crippen LogP contribution in [0.4, 0.5) is 0 Å². The van der Waals surface area contributed by atoms with Crippen molar-refractivity contribution < 1.29 is 4.79 Å². The number of aromatic nitrogens is 3. The van der Waals surface area contributed by atoms with Crippen molar-refractivity contribution in [3.05, 3.63) is 67.8 Å². The van der Waals surface area contributed by atoms with Gasteiger partial charge in [0.25, 0.3) is 11.5 Å². The van der Waals surface area contributed by atoms with Crippen LogP contribution in [0.25, 0.3) is 11.3 Å². The molecule has 0 bridgehead atoms. The van der Waals surface area contributed by atoms with Gasteiger partial charge in [-0.3, -0.25) is 14.6 Å². The zero-order valence-electron chi connectivity index (χ0n) is 14.4. The standard InChI is InChI=1S/C19H17BrN4O2S/c20-14-9-17(27-12-14)19(26)23-8-2-4-15(23)11-24-18(25)6-5-16(22-24)13-3-1-7-21-10-13/h1,3,5-7,9-10,12,15H,2,4,8,11H2. The lowest BCUT2D eigenvalue weighted by Crippen LogP contribution is -2.40. The number of pyridine rings is 1. The number of rotatable bonds is 4. The summed E-state index contributed by atoms with van der Waals surface area (Å²) < 4.78 is 2.37. The van der Waals surface area contributed by atoms with Crippen LogP contribution >= 0.6 is 27.3 Å². The second-order valence-electron chi connectivity index (χ2n) is 6.40. The van der Waals surface area contributed by atoms with Gasteiger partial charge in [-0.05, 0) is 53.0 Å². The largest absolute Gasteiger partial charge is 0.333 e. The van der Waals surface area contributed by atoms with Gasteiger partial charge in [0.2, 0.25) is 0 Å². The van der Waals surface area contributed by atoms with Crippen LogP contribution in [-0.4, -0.2) is 38.2 Å². The number of amides is 1. The van der Waals surface area contributed by atoms with Crippen molar-refractivity contribution in [1.82, 2.24) is 19.7 Å². The Bertz CT molecular complexity index is 1020. The van der Waals surface area contributed by atoms with Crippen LogP contribution in [0.15, 0.2) is 57.4 Å². The summed E-state index contributed by atoms with van der Waals surface area (Å²) in [5.74, 6) is 0.0182. The van der Waals surface area contributed by atoms with Gasteiger partial charge in [0, 0.05) is 40.4 Å². The number of carbonyl (C=O) groups excluding carboxylic acids is 1. The van der Waals surface area contributed by atoms with Crippen LogP contribution in [0, 0.1) is 0 Å². The molecule has 3 aromatic rings. The highest BCUT2D eigenvalue weighted by Crippen LogP contribution is 2.26. The molecule has 1 fully saturated rings. The van der Waals surface area contributed by atoms with Gasteiger partial charge in [-0.15, -0.1) is 11.3 Å². The molecule has 27 heavy (non-hydrogen) atoms. The van der Waals surface area contributed by atoms with Gasteiger partial charge in [0.1, 0.15) is 0 Å². The third-order valence-corrected chi connectivity index (χ3v) is 6.30. The summed E-state index contributed by atoms with van der Waals surface area (Å²) in [4.78, 5) is 31.8. The van der Waals surface area contributed by atoms with Crippen LogP contribution in [-0.2, 0) is 6.54 Å². The lowest BCUT2D eigenvalue weighted by Gasteiger charge is -2.24. The highest BCUT2D eigenvalue weighted by Gasteiger charge is 2.30. The third-order valence-electron chi connectivity index (χ3n) is 4.62. The van der Waals surface area contributed by atoms with E-state index in [1.54, 1.807) is 18.5 Å². The number of carbonyl (C=O) groups is 1. The number of likely N-dealkylation sites (tertiary alicyclic amines) is 1. The first-order valence-corrected chi connectivity index (χ1v) is 10.3.